The van der Waals surface area contributed by atoms with Gasteiger partial charge >= 0.3 is 0 Å². The molecule has 0 amide bonds. The van der Waals surface area contributed by atoms with Crippen LogP contribution in [-0.4, -0.2) is 9.97 Å². The largest absolute Gasteiger partial charge is 0.455 e. The van der Waals surface area contributed by atoms with Gasteiger partial charge in [0.1, 0.15) is 17.5 Å². The van der Waals surface area contributed by atoms with E-state index in [0.29, 0.717) is 11.1 Å². The van der Waals surface area contributed by atoms with Crippen LogP contribution in [0.25, 0.3) is 55.4 Å². The van der Waals surface area contributed by atoms with Gasteiger partial charge in [0.25, 0.3) is 0 Å². The zero-order valence-electron chi connectivity index (χ0n) is 24.4. The molecule has 0 N–H and O–H groups in total. The van der Waals surface area contributed by atoms with E-state index in [-0.39, 0.29) is 10.8 Å². The summed E-state index contributed by atoms with van der Waals surface area (Å²) < 4.78 is 6.64. The quantitative estimate of drug-likeness (QED) is 0.226. The van der Waals surface area contributed by atoms with Crippen LogP contribution in [0.4, 0.5) is 0 Å². The fourth-order valence-electron chi connectivity index (χ4n) is 5.35. The second-order valence-corrected chi connectivity index (χ2v) is 12.7. The molecule has 4 nitrogen and oxygen atoms in total. The normalized spacial score (nSPS) is 12.1. The lowest BCUT2D eigenvalue weighted by molar-refractivity contribution is 0.567. The molecule has 4 aromatic carbocycles. The Morgan fingerprint density at radius 2 is 1.29 bits per heavy atom. The van der Waals surface area contributed by atoms with Crippen LogP contribution >= 0.6 is 0 Å². The van der Waals surface area contributed by atoms with E-state index in [1.165, 1.54) is 5.56 Å². The Labute approximate surface area is 241 Å². The van der Waals surface area contributed by atoms with E-state index in [9.17, 15) is 5.26 Å². The van der Waals surface area contributed by atoms with Crippen molar-refractivity contribution >= 4 is 21.9 Å². The third-order valence-corrected chi connectivity index (χ3v) is 7.76. The molecule has 0 fully saturated rings. The third kappa shape index (κ3) is 4.78. The maximum absolute atomic E-state index is 10.1. The molecule has 0 radical (unpaired) electrons. The average molecular weight is 536 g/mol. The third-order valence-electron chi connectivity index (χ3n) is 7.76. The monoisotopic (exact) mass is 535 g/mol. The molecule has 6 rings (SSSR count). The molecule has 0 bridgehead atoms. The van der Waals surface area contributed by atoms with Crippen molar-refractivity contribution in [2.75, 3.05) is 0 Å². The van der Waals surface area contributed by atoms with Gasteiger partial charge in [0.15, 0.2) is 0 Å². The predicted octanol–water partition coefficient (Wildman–Crippen LogP) is 9.84. The molecule has 6 aromatic rings. The summed E-state index contributed by atoms with van der Waals surface area (Å²) >= 11 is 0. The number of nitriles is 1. The molecule has 0 atom stereocenters. The van der Waals surface area contributed by atoms with Crippen molar-refractivity contribution in [2.24, 2.45) is 0 Å². The van der Waals surface area contributed by atoms with Crippen molar-refractivity contribution in [3.63, 3.8) is 0 Å². The number of rotatable bonds is 3. The molecule has 0 aliphatic rings. The summed E-state index contributed by atoms with van der Waals surface area (Å²) in [7, 11) is 0. The van der Waals surface area contributed by atoms with Crippen molar-refractivity contribution in [2.45, 2.75) is 52.4 Å². The van der Waals surface area contributed by atoms with E-state index in [1.54, 1.807) is 6.33 Å². The first-order valence-electron chi connectivity index (χ1n) is 14.0. The zero-order chi connectivity index (χ0) is 28.9. The molecule has 0 aliphatic carbocycles. The maximum atomic E-state index is 10.1. The molecule has 0 unspecified atom stereocenters. The van der Waals surface area contributed by atoms with Gasteiger partial charge < -0.3 is 4.42 Å². The minimum Gasteiger partial charge on any atom is -0.455 e. The lowest BCUT2D eigenvalue weighted by Gasteiger charge is -2.19. The minimum absolute atomic E-state index is 0.102. The Bertz CT molecular complexity index is 1940. The van der Waals surface area contributed by atoms with Gasteiger partial charge in [0.2, 0.25) is 0 Å². The standard InChI is InChI=1S/C37H33N3O/c1-36(2,3)27-17-14-24(15-18-27)23-10-12-25(13-11-23)33-26(21-38)16-19-29-28-8-7-9-30(34(28)41-35(29)33)31-20-32(37(4,5)6)40-22-39-31/h7-20,22H,1-6H3. The Kier molecular flexibility index (Phi) is 6.27. The topological polar surface area (TPSA) is 62.7 Å². The van der Waals surface area contributed by atoms with Crippen LogP contribution in [0.2, 0.25) is 0 Å². The van der Waals surface area contributed by atoms with Gasteiger partial charge in [-0.2, -0.15) is 5.26 Å². The van der Waals surface area contributed by atoms with Gasteiger partial charge in [-0.05, 0) is 51.9 Å². The predicted molar refractivity (Wildman–Crippen MR) is 168 cm³/mol. The Hall–Kier alpha value is -4.75. The molecule has 202 valence electrons. The van der Waals surface area contributed by atoms with Crippen LogP contribution in [0.15, 0.2) is 95.7 Å². The highest BCUT2D eigenvalue weighted by Gasteiger charge is 2.21. The van der Waals surface area contributed by atoms with Crippen LogP contribution in [0.3, 0.4) is 0 Å². The van der Waals surface area contributed by atoms with E-state index >= 15 is 0 Å². The average Bonchev–Trinajstić information content (AvgIpc) is 3.35. The molecule has 2 aromatic heterocycles. The van der Waals surface area contributed by atoms with Crippen molar-refractivity contribution in [3.05, 3.63) is 108 Å². The first kappa shape index (κ1) is 26.5. The highest BCUT2D eigenvalue weighted by Crippen LogP contribution is 2.41. The second kappa shape index (κ2) is 9.71. The van der Waals surface area contributed by atoms with Gasteiger partial charge in [-0.3, -0.25) is 0 Å². The van der Waals surface area contributed by atoms with Gasteiger partial charge in [-0.25, -0.2) is 9.97 Å². The highest BCUT2D eigenvalue weighted by atomic mass is 16.3. The van der Waals surface area contributed by atoms with Gasteiger partial charge in [-0.15, -0.1) is 0 Å². The zero-order valence-corrected chi connectivity index (χ0v) is 24.4. The summed E-state index contributed by atoms with van der Waals surface area (Å²) in [5.74, 6) is 0. The Balaban J connectivity index is 1.48. The van der Waals surface area contributed by atoms with E-state index < -0.39 is 0 Å². The smallest absolute Gasteiger partial charge is 0.144 e. The van der Waals surface area contributed by atoms with Crippen molar-refractivity contribution < 1.29 is 4.42 Å². The summed E-state index contributed by atoms with van der Waals surface area (Å²) in [4.78, 5) is 9.09. The lowest BCUT2D eigenvalue weighted by atomic mass is 9.86. The summed E-state index contributed by atoms with van der Waals surface area (Å²) in [6.07, 6.45) is 1.62. The van der Waals surface area contributed by atoms with E-state index in [4.69, 9.17) is 4.42 Å². The molecular weight excluding hydrogens is 502 g/mol. The van der Waals surface area contributed by atoms with Gasteiger partial charge in [-0.1, -0.05) is 102 Å². The minimum atomic E-state index is -0.102. The van der Waals surface area contributed by atoms with Crippen molar-refractivity contribution in [1.82, 2.24) is 9.97 Å². The van der Waals surface area contributed by atoms with Crippen LogP contribution in [0.1, 0.15) is 58.4 Å². The van der Waals surface area contributed by atoms with E-state index in [0.717, 1.165) is 55.6 Å². The molecular formula is C37H33N3O. The number of hydrogen-bond donors (Lipinski definition) is 0. The Morgan fingerprint density at radius 3 is 1.93 bits per heavy atom. The molecule has 0 saturated carbocycles. The number of hydrogen-bond acceptors (Lipinski definition) is 4. The number of benzene rings is 4. The molecule has 2 heterocycles. The van der Waals surface area contributed by atoms with Crippen LogP contribution in [0, 0.1) is 11.3 Å². The van der Waals surface area contributed by atoms with E-state index in [1.807, 2.05) is 30.3 Å². The summed E-state index contributed by atoms with van der Waals surface area (Å²) in [6, 6.07) is 31.6. The highest BCUT2D eigenvalue weighted by molar-refractivity contribution is 6.13. The van der Waals surface area contributed by atoms with Crippen molar-refractivity contribution in [3.8, 4) is 39.6 Å². The van der Waals surface area contributed by atoms with Gasteiger partial charge in [0, 0.05) is 33.0 Å². The molecule has 41 heavy (non-hydrogen) atoms. The maximum Gasteiger partial charge on any atom is 0.144 e. The number of fused-ring (bicyclic) bond motifs is 3. The second-order valence-electron chi connectivity index (χ2n) is 12.7. The van der Waals surface area contributed by atoms with Crippen LogP contribution in [-0.2, 0) is 10.8 Å². The van der Waals surface area contributed by atoms with Crippen LogP contribution in [0.5, 0.6) is 0 Å². The molecule has 0 saturated heterocycles. The van der Waals surface area contributed by atoms with Crippen LogP contribution < -0.4 is 0 Å². The Morgan fingerprint density at radius 1 is 0.659 bits per heavy atom. The van der Waals surface area contributed by atoms with E-state index in [2.05, 4.69) is 112 Å². The SMILES string of the molecule is CC(C)(C)c1ccc(-c2ccc(-c3c(C#N)ccc4c3oc3c(-c5cc(C(C)(C)C)ncn5)cccc34)cc2)cc1. The first-order chi connectivity index (χ1) is 19.5. The lowest BCUT2D eigenvalue weighted by Crippen LogP contribution is -2.13. The number of nitrogens with zero attached hydrogens (tertiary/aromatic N) is 3. The molecule has 0 aliphatic heterocycles. The first-order valence-corrected chi connectivity index (χ1v) is 14.0. The van der Waals surface area contributed by atoms with Crippen molar-refractivity contribution in [1.29, 1.82) is 5.26 Å². The fraction of sp³-hybridized carbons (Fsp3) is 0.216. The van der Waals surface area contributed by atoms with Gasteiger partial charge in [0.05, 0.1) is 17.3 Å². The number of aromatic nitrogens is 2. The molecule has 4 heteroatoms. The fourth-order valence-corrected chi connectivity index (χ4v) is 5.35. The summed E-state index contributed by atoms with van der Waals surface area (Å²) in [5, 5.41) is 12.0. The molecule has 0 spiro atoms. The number of furan rings is 1. The summed E-state index contributed by atoms with van der Waals surface area (Å²) in [5.41, 5.74) is 10.1. The number of para-hydroxylation sites is 1. The summed E-state index contributed by atoms with van der Waals surface area (Å²) in [6.45, 7) is 13.1.